The molecule has 0 spiro atoms. The first-order valence-electron chi connectivity index (χ1n) is 6.81. The highest BCUT2D eigenvalue weighted by Gasteiger charge is 2.16. The van der Waals surface area contributed by atoms with Gasteiger partial charge >= 0.3 is 0 Å². The Bertz CT molecular complexity index is 963. The van der Waals surface area contributed by atoms with Gasteiger partial charge in [0.15, 0.2) is 0 Å². The van der Waals surface area contributed by atoms with Crippen LogP contribution in [0.2, 0.25) is 0 Å². The Morgan fingerprint density at radius 3 is 2.79 bits per heavy atom. The lowest BCUT2D eigenvalue weighted by Crippen LogP contribution is -2.01. The molecule has 2 aromatic carbocycles. The molecule has 3 aromatic rings. The molecular formula is C15H10N6O2S. The quantitative estimate of drug-likeness (QED) is 0.531. The summed E-state index contributed by atoms with van der Waals surface area (Å²) in [5.41, 5.74) is 1.89. The summed E-state index contributed by atoms with van der Waals surface area (Å²) in [5.74, 6) is 0. The summed E-state index contributed by atoms with van der Waals surface area (Å²) >= 11 is 1.18. The highest BCUT2D eigenvalue weighted by Crippen LogP contribution is 2.32. The monoisotopic (exact) mass is 338 g/mol. The summed E-state index contributed by atoms with van der Waals surface area (Å²) in [6.45, 7) is 1.94. The van der Waals surface area contributed by atoms with E-state index in [0.29, 0.717) is 10.1 Å². The van der Waals surface area contributed by atoms with E-state index in [4.69, 9.17) is 0 Å². The van der Waals surface area contributed by atoms with Gasteiger partial charge in [0.05, 0.1) is 16.2 Å². The van der Waals surface area contributed by atoms with Crippen LogP contribution in [0.25, 0.3) is 5.69 Å². The van der Waals surface area contributed by atoms with Gasteiger partial charge in [0.2, 0.25) is 5.16 Å². The van der Waals surface area contributed by atoms with E-state index in [9.17, 15) is 15.4 Å². The van der Waals surface area contributed by atoms with Crippen LogP contribution in [-0.4, -0.2) is 25.1 Å². The predicted molar refractivity (Wildman–Crippen MR) is 85.8 cm³/mol. The highest BCUT2D eigenvalue weighted by atomic mass is 32.2. The van der Waals surface area contributed by atoms with E-state index >= 15 is 0 Å². The first-order chi connectivity index (χ1) is 11.6. The van der Waals surface area contributed by atoms with Gasteiger partial charge in [0.1, 0.15) is 6.07 Å². The van der Waals surface area contributed by atoms with Crippen LogP contribution < -0.4 is 0 Å². The molecule has 1 aromatic heterocycles. The summed E-state index contributed by atoms with van der Waals surface area (Å²) in [4.78, 5) is 10.8. The second-order valence-electron chi connectivity index (χ2n) is 4.81. The fourth-order valence-electron chi connectivity index (χ4n) is 2.10. The molecule has 3 rings (SSSR count). The molecule has 24 heavy (non-hydrogen) atoms. The number of nitro benzene ring substituents is 1. The van der Waals surface area contributed by atoms with Crippen molar-refractivity contribution in [2.24, 2.45) is 0 Å². The van der Waals surface area contributed by atoms with Crippen molar-refractivity contribution in [2.45, 2.75) is 17.0 Å². The molecule has 0 saturated carbocycles. The van der Waals surface area contributed by atoms with Gasteiger partial charge in [-0.15, -0.1) is 5.10 Å². The third-order valence-corrected chi connectivity index (χ3v) is 4.29. The van der Waals surface area contributed by atoms with Gasteiger partial charge in [0, 0.05) is 17.0 Å². The van der Waals surface area contributed by atoms with Gasteiger partial charge in [-0.05, 0) is 46.8 Å². The molecule has 118 valence electrons. The summed E-state index contributed by atoms with van der Waals surface area (Å²) in [5, 5.41) is 32.2. The lowest BCUT2D eigenvalue weighted by molar-refractivity contribution is -0.384. The van der Waals surface area contributed by atoms with E-state index in [1.165, 1.54) is 30.0 Å². The van der Waals surface area contributed by atoms with Gasteiger partial charge in [-0.1, -0.05) is 18.2 Å². The number of nitrogens with zero attached hydrogens (tertiary/aromatic N) is 6. The number of rotatable bonds is 4. The number of nitriles is 1. The Labute approximate surface area is 140 Å². The zero-order valence-electron chi connectivity index (χ0n) is 12.4. The van der Waals surface area contributed by atoms with E-state index in [0.717, 1.165) is 11.3 Å². The lowest BCUT2D eigenvalue weighted by Gasteiger charge is -2.07. The van der Waals surface area contributed by atoms with Crippen molar-refractivity contribution >= 4 is 17.4 Å². The van der Waals surface area contributed by atoms with Crippen molar-refractivity contribution in [3.05, 3.63) is 63.7 Å². The van der Waals surface area contributed by atoms with Crippen LogP contribution in [0.1, 0.15) is 11.1 Å². The lowest BCUT2D eigenvalue weighted by atomic mass is 10.2. The van der Waals surface area contributed by atoms with E-state index in [1.807, 2.05) is 37.3 Å². The van der Waals surface area contributed by atoms with Gasteiger partial charge < -0.3 is 0 Å². The summed E-state index contributed by atoms with van der Waals surface area (Å²) in [6, 6.07) is 13.7. The summed E-state index contributed by atoms with van der Waals surface area (Å²) < 4.78 is 1.57. The molecule has 0 aliphatic heterocycles. The average Bonchev–Trinajstić information content (AvgIpc) is 3.03. The fourth-order valence-corrected chi connectivity index (χ4v) is 2.95. The minimum absolute atomic E-state index is 0.130. The minimum Gasteiger partial charge on any atom is -0.258 e. The van der Waals surface area contributed by atoms with Crippen LogP contribution in [-0.2, 0) is 0 Å². The predicted octanol–water partition coefficient (Wildman–Crippen LogP) is 2.90. The molecule has 0 unspecified atom stereocenters. The Hall–Kier alpha value is -3.25. The minimum atomic E-state index is -0.535. The number of nitro groups is 1. The fraction of sp³-hybridized carbons (Fsp3) is 0.0667. The Kier molecular flexibility index (Phi) is 4.22. The Balaban J connectivity index is 2.00. The van der Waals surface area contributed by atoms with Crippen LogP contribution in [0.5, 0.6) is 0 Å². The van der Waals surface area contributed by atoms with E-state index in [-0.39, 0.29) is 11.3 Å². The van der Waals surface area contributed by atoms with Crippen LogP contribution >= 0.6 is 11.8 Å². The topological polar surface area (TPSA) is 111 Å². The molecule has 0 atom stereocenters. The number of aryl methyl sites for hydroxylation is 1. The van der Waals surface area contributed by atoms with E-state index in [2.05, 4.69) is 15.5 Å². The van der Waals surface area contributed by atoms with Gasteiger partial charge in [0.25, 0.3) is 5.69 Å². The smallest absolute Gasteiger partial charge is 0.258 e. The summed E-state index contributed by atoms with van der Waals surface area (Å²) in [6.07, 6.45) is 0. The Morgan fingerprint density at radius 1 is 1.29 bits per heavy atom. The third kappa shape index (κ3) is 2.95. The maximum atomic E-state index is 10.8. The number of aromatic nitrogens is 4. The first-order valence-corrected chi connectivity index (χ1v) is 7.62. The molecule has 0 aliphatic rings. The van der Waals surface area contributed by atoms with Gasteiger partial charge in [-0.25, -0.2) is 0 Å². The summed E-state index contributed by atoms with van der Waals surface area (Å²) in [7, 11) is 0. The van der Waals surface area contributed by atoms with Crippen LogP contribution in [0.3, 0.4) is 0 Å². The molecule has 1 heterocycles. The molecule has 9 heteroatoms. The second-order valence-corrected chi connectivity index (χ2v) is 5.82. The van der Waals surface area contributed by atoms with Crippen LogP contribution in [0.15, 0.2) is 52.5 Å². The van der Waals surface area contributed by atoms with Crippen molar-refractivity contribution < 1.29 is 4.92 Å². The van der Waals surface area contributed by atoms with Crippen molar-refractivity contribution in [3.63, 3.8) is 0 Å². The van der Waals surface area contributed by atoms with Crippen molar-refractivity contribution in [1.82, 2.24) is 20.2 Å². The van der Waals surface area contributed by atoms with Crippen molar-refractivity contribution in [1.29, 1.82) is 5.26 Å². The number of hydrogen-bond donors (Lipinski definition) is 0. The van der Waals surface area contributed by atoms with Gasteiger partial charge in [-0.2, -0.15) is 9.94 Å². The first kappa shape index (κ1) is 15.6. The number of hydrogen-bond acceptors (Lipinski definition) is 7. The average molecular weight is 338 g/mol. The number of benzene rings is 2. The maximum absolute atomic E-state index is 10.8. The number of para-hydroxylation sites is 1. The van der Waals surface area contributed by atoms with Crippen LogP contribution in [0.4, 0.5) is 5.69 Å². The second kappa shape index (κ2) is 6.47. The zero-order chi connectivity index (χ0) is 17.1. The molecule has 0 radical (unpaired) electrons. The Morgan fingerprint density at radius 2 is 2.08 bits per heavy atom. The number of tetrazole rings is 1. The van der Waals surface area contributed by atoms with Crippen LogP contribution in [0, 0.1) is 28.4 Å². The molecule has 0 amide bonds. The van der Waals surface area contributed by atoms with Crippen molar-refractivity contribution in [2.75, 3.05) is 0 Å². The van der Waals surface area contributed by atoms with Gasteiger partial charge in [-0.3, -0.25) is 10.1 Å². The molecule has 0 N–H and O–H groups in total. The highest BCUT2D eigenvalue weighted by molar-refractivity contribution is 7.99. The molecule has 0 aliphatic carbocycles. The van der Waals surface area contributed by atoms with Crippen molar-refractivity contribution in [3.8, 4) is 11.8 Å². The molecule has 0 fully saturated rings. The SMILES string of the molecule is Cc1ccccc1-n1nnnc1Sc1ccc([N+](=O)[O-])cc1C#N. The molecule has 0 bridgehead atoms. The van der Waals surface area contributed by atoms with E-state index in [1.54, 1.807) is 4.68 Å². The van der Waals surface area contributed by atoms with E-state index < -0.39 is 4.92 Å². The molecule has 0 saturated heterocycles. The third-order valence-electron chi connectivity index (χ3n) is 3.28. The molecular weight excluding hydrogens is 328 g/mol. The number of non-ortho nitro benzene ring substituents is 1. The zero-order valence-corrected chi connectivity index (χ0v) is 13.3. The standard InChI is InChI=1S/C15H10N6O2S/c1-10-4-2-3-5-13(10)20-15(17-18-19-20)24-14-7-6-12(21(22)23)8-11(14)9-16/h2-8H,1H3. The maximum Gasteiger partial charge on any atom is 0.270 e. The molecule has 8 nitrogen and oxygen atoms in total. The normalized spacial score (nSPS) is 10.3. The largest absolute Gasteiger partial charge is 0.270 e.